The van der Waals surface area contributed by atoms with E-state index in [0.29, 0.717) is 5.56 Å². The van der Waals surface area contributed by atoms with E-state index in [1.54, 1.807) is 19.3 Å². The highest BCUT2D eigenvalue weighted by molar-refractivity contribution is 6.30. The zero-order chi connectivity index (χ0) is 13.1. The Bertz CT molecular complexity index is 560. The number of nitrogens with one attached hydrogen (secondary N) is 1. The normalized spacial score (nSPS) is 12.4. The summed E-state index contributed by atoms with van der Waals surface area (Å²) in [5, 5.41) is 3.06. The predicted octanol–water partition coefficient (Wildman–Crippen LogP) is 3.32. The third-order valence-corrected chi connectivity index (χ3v) is 2.91. The summed E-state index contributed by atoms with van der Waals surface area (Å²) in [5.41, 5.74) is 1.40. The van der Waals surface area contributed by atoms with E-state index in [4.69, 9.17) is 11.6 Å². The fourth-order valence-electron chi connectivity index (χ4n) is 1.80. The van der Waals surface area contributed by atoms with E-state index in [-0.39, 0.29) is 11.1 Å². The minimum absolute atomic E-state index is 0.0390. The third-order valence-electron chi connectivity index (χ3n) is 2.63. The molecule has 1 atom stereocenters. The number of aromatic nitrogens is 1. The summed E-state index contributed by atoms with van der Waals surface area (Å²) in [6, 6.07) is 5.50. The van der Waals surface area contributed by atoms with Crippen LogP contribution < -0.4 is 5.32 Å². The van der Waals surface area contributed by atoms with Gasteiger partial charge in [0.25, 0.3) is 0 Å². The van der Waals surface area contributed by atoms with Gasteiger partial charge in [0.2, 0.25) is 0 Å². The Morgan fingerprint density at radius 1 is 1.17 bits per heavy atom. The van der Waals surface area contributed by atoms with E-state index < -0.39 is 11.6 Å². The first kappa shape index (κ1) is 12.9. The molecule has 18 heavy (non-hydrogen) atoms. The zero-order valence-corrected chi connectivity index (χ0v) is 10.4. The summed E-state index contributed by atoms with van der Waals surface area (Å²) in [6.07, 6.45) is 2.69. The van der Waals surface area contributed by atoms with Crippen LogP contribution in [0.2, 0.25) is 5.02 Å². The molecule has 2 rings (SSSR count). The molecule has 0 aliphatic carbocycles. The van der Waals surface area contributed by atoms with Crippen molar-refractivity contribution >= 4 is 11.6 Å². The molecule has 0 aliphatic rings. The Labute approximate surface area is 109 Å². The molecule has 94 valence electrons. The average Bonchev–Trinajstić information content (AvgIpc) is 2.35. The maximum Gasteiger partial charge on any atom is 0.141 e. The number of pyridine rings is 1. The van der Waals surface area contributed by atoms with Gasteiger partial charge in [-0.15, -0.1) is 0 Å². The summed E-state index contributed by atoms with van der Waals surface area (Å²) in [4.78, 5) is 3.80. The fraction of sp³-hybridized carbons (Fsp3) is 0.154. The minimum atomic E-state index is -0.479. The van der Waals surface area contributed by atoms with Gasteiger partial charge in [0.15, 0.2) is 0 Å². The van der Waals surface area contributed by atoms with Crippen LogP contribution in [0.5, 0.6) is 0 Å². The third kappa shape index (κ3) is 2.66. The van der Waals surface area contributed by atoms with Gasteiger partial charge in [-0.1, -0.05) is 17.7 Å². The Morgan fingerprint density at radius 3 is 2.56 bits per heavy atom. The first-order valence-corrected chi connectivity index (χ1v) is 5.72. The van der Waals surface area contributed by atoms with Crippen LogP contribution in [0.4, 0.5) is 8.78 Å². The number of hydrogen-bond donors (Lipinski definition) is 1. The van der Waals surface area contributed by atoms with Crippen molar-refractivity contribution in [2.45, 2.75) is 6.04 Å². The van der Waals surface area contributed by atoms with Crippen LogP contribution in [0, 0.1) is 11.6 Å². The summed E-state index contributed by atoms with van der Waals surface area (Å²) in [5.74, 6) is -0.895. The van der Waals surface area contributed by atoms with Gasteiger partial charge < -0.3 is 5.32 Å². The highest BCUT2D eigenvalue weighted by Crippen LogP contribution is 2.25. The molecule has 0 bridgehead atoms. The molecule has 2 nitrogen and oxygen atoms in total. The topological polar surface area (TPSA) is 24.9 Å². The second-order valence-corrected chi connectivity index (χ2v) is 4.24. The summed E-state index contributed by atoms with van der Waals surface area (Å²) >= 11 is 5.74. The molecule has 0 radical (unpaired) electrons. The summed E-state index contributed by atoms with van der Waals surface area (Å²) in [6.45, 7) is 0. The molecule has 1 unspecified atom stereocenters. The molecule has 0 saturated heterocycles. The molecule has 1 aromatic heterocycles. The highest BCUT2D eigenvalue weighted by Gasteiger charge is 2.14. The van der Waals surface area contributed by atoms with Gasteiger partial charge in [-0.25, -0.2) is 8.78 Å². The van der Waals surface area contributed by atoms with E-state index >= 15 is 0 Å². The standard InChI is InChI=1S/C13H11ClF2N2/c1-17-13(9-4-10(15)7-18-6-9)8-2-3-12(16)11(14)5-8/h2-7,13,17H,1H3. The molecule has 0 saturated carbocycles. The number of hydrogen-bond acceptors (Lipinski definition) is 2. The molecule has 0 amide bonds. The zero-order valence-electron chi connectivity index (χ0n) is 9.62. The Hall–Kier alpha value is -1.52. The van der Waals surface area contributed by atoms with Crippen molar-refractivity contribution in [3.63, 3.8) is 0 Å². The molecular weight excluding hydrogens is 258 g/mol. The SMILES string of the molecule is CNC(c1cncc(F)c1)c1ccc(F)c(Cl)c1. The molecule has 5 heteroatoms. The van der Waals surface area contributed by atoms with Crippen LogP contribution in [0.1, 0.15) is 17.2 Å². The Balaban J connectivity index is 2.42. The van der Waals surface area contributed by atoms with Crippen molar-refractivity contribution in [3.8, 4) is 0 Å². The Kier molecular flexibility index (Phi) is 3.89. The molecule has 0 fully saturated rings. The quantitative estimate of drug-likeness (QED) is 0.924. The fourth-order valence-corrected chi connectivity index (χ4v) is 1.99. The molecule has 1 aromatic carbocycles. The first-order valence-electron chi connectivity index (χ1n) is 5.34. The van der Waals surface area contributed by atoms with E-state index in [1.165, 1.54) is 18.2 Å². The lowest BCUT2D eigenvalue weighted by molar-refractivity contribution is 0.606. The highest BCUT2D eigenvalue weighted by atomic mass is 35.5. The van der Waals surface area contributed by atoms with Gasteiger partial charge in [0.1, 0.15) is 11.6 Å². The van der Waals surface area contributed by atoms with Gasteiger partial charge in [-0.3, -0.25) is 4.98 Å². The molecule has 0 aliphatic heterocycles. The van der Waals surface area contributed by atoms with Gasteiger partial charge in [0.05, 0.1) is 17.3 Å². The second-order valence-electron chi connectivity index (χ2n) is 3.83. The van der Waals surface area contributed by atoms with Crippen molar-refractivity contribution in [2.75, 3.05) is 7.05 Å². The molecule has 1 N–H and O–H groups in total. The smallest absolute Gasteiger partial charge is 0.141 e. The first-order chi connectivity index (χ1) is 8.61. The molecule has 1 heterocycles. The molecule has 2 aromatic rings. The largest absolute Gasteiger partial charge is 0.309 e. The number of halogens is 3. The van der Waals surface area contributed by atoms with Crippen LogP contribution in [0.3, 0.4) is 0 Å². The van der Waals surface area contributed by atoms with E-state index in [2.05, 4.69) is 10.3 Å². The van der Waals surface area contributed by atoms with Crippen molar-refractivity contribution < 1.29 is 8.78 Å². The maximum absolute atomic E-state index is 13.1. The average molecular weight is 269 g/mol. The number of rotatable bonds is 3. The van der Waals surface area contributed by atoms with Crippen LogP contribution in [-0.4, -0.2) is 12.0 Å². The number of benzene rings is 1. The number of nitrogens with zero attached hydrogens (tertiary/aromatic N) is 1. The van der Waals surface area contributed by atoms with E-state index in [9.17, 15) is 8.78 Å². The minimum Gasteiger partial charge on any atom is -0.309 e. The molecular formula is C13H11ClF2N2. The van der Waals surface area contributed by atoms with E-state index in [1.807, 2.05) is 0 Å². The Morgan fingerprint density at radius 2 is 1.94 bits per heavy atom. The maximum atomic E-state index is 13.1. The van der Waals surface area contributed by atoms with Gasteiger partial charge in [-0.05, 0) is 36.4 Å². The lowest BCUT2D eigenvalue weighted by Crippen LogP contribution is -2.18. The van der Waals surface area contributed by atoms with Crippen molar-refractivity contribution in [2.24, 2.45) is 0 Å². The van der Waals surface area contributed by atoms with Crippen LogP contribution in [-0.2, 0) is 0 Å². The lowest BCUT2D eigenvalue weighted by atomic mass is 10.0. The van der Waals surface area contributed by atoms with Crippen LogP contribution in [0.15, 0.2) is 36.7 Å². The van der Waals surface area contributed by atoms with Gasteiger partial charge >= 0.3 is 0 Å². The van der Waals surface area contributed by atoms with Crippen molar-refractivity contribution in [3.05, 3.63) is 64.4 Å². The monoisotopic (exact) mass is 268 g/mol. The second kappa shape index (κ2) is 5.42. The van der Waals surface area contributed by atoms with E-state index in [0.717, 1.165) is 11.8 Å². The lowest BCUT2D eigenvalue weighted by Gasteiger charge is -2.17. The van der Waals surface area contributed by atoms with Crippen molar-refractivity contribution in [1.82, 2.24) is 10.3 Å². The molecule has 0 spiro atoms. The van der Waals surface area contributed by atoms with Crippen LogP contribution >= 0.6 is 11.6 Å². The summed E-state index contributed by atoms with van der Waals surface area (Å²) < 4.78 is 26.3. The summed E-state index contributed by atoms with van der Waals surface area (Å²) in [7, 11) is 1.73. The van der Waals surface area contributed by atoms with Crippen molar-refractivity contribution in [1.29, 1.82) is 0 Å². The van der Waals surface area contributed by atoms with Gasteiger partial charge in [-0.2, -0.15) is 0 Å². The predicted molar refractivity (Wildman–Crippen MR) is 66.5 cm³/mol. The van der Waals surface area contributed by atoms with Gasteiger partial charge in [0, 0.05) is 6.20 Å². The van der Waals surface area contributed by atoms with Crippen LogP contribution in [0.25, 0.3) is 0 Å².